The van der Waals surface area contributed by atoms with Crippen LogP contribution in [0, 0.1) is 17.8 Å². The SMILES string of the molecule is C=CCO[C@@]12Oc3ccc(OC(=O)Nc4ccc(OC)cc4OC)cc3[C@H]3[C@H](CCCCO)[C@@H](CCCCO)C=C(C(=NOCc4ccccc4)C[C@@H]1N(C)S(=O)(=O)c1ccc(NC(C)=O)cc1)[C@H]32. The van der Waals surface area contributed by atoms with E-state index in [2.05, 4.69) is 23.3 Å². The van der Waals surface area contributed by atoms with Gasteiger partial charge in [-0.2, -0.15) is 4.31 Å². The lowest BCUT2D eigenvalue weighted by Crippen LogP contribution is -2.69. The van der Waals surface area contributed by atoms with Crippen molar-refractivity contribution in [2.75, 3.05) is 51.7 Å². The number of methoxy groups -OCH3 is 2. The highest BCUT2D eigenvalue weighted by Gasteiger charge is 2.65. The summed E-state index contributed by atoms with van der Waals surface area (Å²) in [7, 11) is 0.201. The minimum absolute atomic E-state index is 0.00132. The molecule has 0 saturated heterocycles. The number of carbonyl (C=O) groups is 2. The number of fused-ring (bicyclic) bond motifs is 2. The van der Waals surface area contributed by atoms with E-state index in [1.54, 1.807) is 42.5 Å². The third-order valence-corrected chi connectivity index (χ3v) is 14.9. The maximum absolute atomic E-state index is 15.0. The lowest BCUT2D eigenvalue weighted by atomic mass is 9.55. The number of benzene rings is 4. The van der Waals surface area contributed by atoms with E-state index in [1.165, 1.54) is 56.8 Å². The molecule has 16 nitrogen and oxygen atoms in total. The van der Waals surface area contributed by atoms with E-state index in [1.807, 2.05) is 30.3 Å². The molecule has 3 aliphatic rings. The maximum atomic E-state index is 15.0. The molecule has 4 aromatic rings. The van der Waals surface area contributed by atoms with Crippen LogP contribution in [0.3, 0.4) is 0 Å². The molecule has 1 fully saturated rings. The number of rotatable bonds is 22. The van der Waals surface area contributed by atoms with Crippen LogP contribution >= 0.6 is 0 Å². The Hall–Kier alpha value is -6.24. The highest BCUT2D eigenvalue weighted by molar-refractivity contribution is 7.89. The largest absolute Gasteiger partial charge is 0.497 e. The summed E-state index contributed by atoms with van der Waals surface area (Å²) in [4.78, 5) is 31.6. The summed E-state index contributed by atoms with van der Waals surface area (Å²) in [6.45, 7) is 5.51. The Morgan fingerprint density at radius 3 is 2.32 bits per heavy atom. The number of amides is 2. The van der Waals surface area contributed by atoms with Crippen LogP contribution in [0.15, 0.2) is 125 Å². The number of aliphatic hydroxyl groups excluding tert-OH is 2. The Morgan fingerprint density at radius 1 is 0.913 bits per heavy atom. The minimum Gasteiger partial charge on any atom is -0.497 e. The normalized spacial score (nSPS) is 22.0. The van der Waals surface area contributed by atoms with Gasteiger partial charge in [0.05, 0.1) is 49.1 Å². The van der Waals surface area contributed by atoms with Crippen molar-refractivity contribution in [1.29, 1.82) is 0 Å². The van der Waals surface area contributed by atoms with Gasteiger partial charge in [-0.15, -0.1) is 6.58 Å². The van der Waals surface area contributed by atoms with Crippen LogP contribution in [-0.2, 0) is 31.0 Å². The second-order valence-electron chi connectivity index (χ2n) is 17.3. The van der Waals surface area contributed by atoms with Crippen LogP contribution in [0.4, 0.5) is 16.2 Å². The van der Waals surface area contributed by atoms with Gasteiger partial charge in [0.2, 0.25) is 21.7 Å². The van der Waals surface area contributed by atoms with Crippen molar-refractivity contribution in [1.82, 2.24) is 4.31 Å². The highest BCUT2D eigenvalue weighted by atomic mass is 32.2. The predicted molar refractivity (Wildman–Crippen MR) is 261 cm³/mol. The summed E-state index contributed by atoms with van der Waals surface area (Å²) < 4.78 is 62.1. The van der Waals surface area contributed by atoms with Gasteiger partial charge in [0.25, 0.3) is 0 Å². The lowest BCUT2D eigenvalue weighted by molar-refractivity contribution is -0.250. The standard InChI is InChI=1S/C52H62N4O12S/c1-6-28-65-52-48(56(3)69(61,62)40-22-18-37(19-23-40)53-34(2)59)32-45(55-66-33-35-14-8-7-9-15-35)42-29-36(16-10-12-26-57)41(17-11-13-27-58)49(50(42)52)43-30-39(21-25-46(43)68-52)67-51(60)54-44-24-20-38(63-4)31-47(44)64-5/h6-9,14-15,18-25,29-31,36,41,48-50,57-58H,1,10-13,16-17,26-28,32-33H2,2-5H3,(H,53,59)(H,54,60)/t36-,41+,48-,49+,50+,52+/m0/s1. The fourth-order valence-electron chi connectivity index (χ4n) is 9.92. The monoisotopic (exact) mass is 966 g/mol. The molecular formula is C52H62N4O12S. The first-order valence-corrected chi connectivity index (χ1v) is 24.6. The number of oxime groups is 1. The molecule has 2 aliphatic carbocycles. The minimum atomic E-state index is -4.31. The van der Waals surface area contributed by atoms with Crippen molar-refractivity contribution in [3.63, 3.8) is 0 Å². The van der Waals surface area contributed by atoms with Crippen molar-refractivity contribution in [3.05, 3.63) is 126 Å². The molecule has 69 heavy (non-hydrogen) atoms. The van der Waals surface area contributed by atoms with Crippen molar-refractivity contribution in [2.24, 2.45) is 22.9 Å². The summed E-state index contributed by atoms with van der Waals surface area (Å²) in [5.74, 6) is -1.85. The second kappa shape index (κ2) is 22.9. The van der Waals surface area contributed by atoms with Gasteiger partial charge in [-0.1, -0.05) is 60.5 Å². The number of hydrogen-bond acceptors (Lipinski definition) is 13. The number of hydrogen-bond donors (Lipinski definition) is 4. The Balaban J connectivity index is 1.39. The Bertz CT molecular complexity index is 2610. The van der Waals surface area contributed by atoms with Gasteiger partial charge in [0, 0.05) is 56.8 Å². The van der Waals surface area contributed by atoms with Crippen LogP contribution in [0.1, 0.15) is 68.9 Å². The Labute approximate surface area is 403 Å². The summed E-state index contributed by atoms with van der Waals surface area (Å²) in [5.41, 5.74) is 3.68. The number of sulfonamides is 1. The molecule has 368 valence electrons. The summed E-state index contributed by atoms with van der Waals surface area (Å²) in [6.07, 6.45) is 6.95. The molecule has 7 rings (SSSR count). The number of aliphatic hydroxyl groups is 2. The molecule has 1 aliphatic heterocycles. The average Bonchev–Trinajstić information content (AvgIpc) is 3.34. The van der Waals surface area contributed by atoms with E-state index in [0.717, 1.165) is 17.6 Å². The van der Waals surface area contributed by atoms with Crippen LogP contribution in [-0.4, -0.2) is 93.6 Å². The number of ether oxygens (including phenoxy) is 5. The first-order chi connectivity index (χ1) is 33.4. The Kier molecular flexibility index (Phi) is 16.8. The molecule has 0 aromatic heterocycles. The lowest BCUT2D eigenvalue weighted by Gasteiger charge is -2.59. The van der Waals surface area contributed by atoms with Crippen molar-refractivity contribution < 1.29 is 56.7 Å². The first kappa shape index (κ1) is 50.6. The van der Waals surface area contributed by atoms with Crippen LogP contribution in [0.5, 0.6) is 23.0 Å². The van der Waals surface area contributed by atoms with Gasteiger partial charge in [-0.3, -0.25) is 10.1 Å². The number of carbonyl (C=O) groups excluding carboxylic acids is 2. The zero-order chi connectivity index (χ0) is 49.1. The molecule has 0 radical (unpaired) electrons. The van der Waals surface area contributed by atoms with E-state index in [0.29, 0.717) is 72.0 Å². The molecule has 0 spiro atoms. The predicted octanol–water partition coefficient (Wildman–Crippen LogP) is 8.43. The van der Waals surface area contributed by atoms with Gasteiger partial charge in [0.15, 0.2) is 0 Å². The van der Waals surface area contributed by atoms with Crippen molar-refractivity contribution in [3.8, 4) is 23.0 Å². The topological polar surface area (TPSA) is 204 Å². The van der Waals surface area contributed by atoms with Gasteiger partial charge in [-0.05, 0) is 103 Å². The number of nitrogens with one attached hydrogen (secondary N) is 2. The molecule has 6 atom stereocenters. The van der Waals surface area contributed by atoms with E-state index >= 15 is 0 Å². The van der Waals surface area contributed by atoms with E-state index in [4.69, 9.17) is 33.7 Å². The molecule has 4 N–H and O–H groups in total. The first-order valence-electron chi connectivity index (χ1n) is 23.2. The quantitative estimate of drug-likeness (QED) is 0.0333. The van der Waals surface area contributed by atoms with Crippen LogP contribution in [0.25, 0.3) is 0 Å². The van der Waals surface area contributed by atoms with Gasteiger partial charge < -0.3 is 44.1 Å². The van der Waals surface area contributed by atoms with Crippen LogP contribution < -0.4 is 29.6 Å². The third kappa shape index (κ3) is 11.3. The Morgan fingerprint density at radius 2 is 1.64 bits per heavy atom. The van der Waals surface area contributed by atoms with E-state index in [9.17, 15) is 28.2 Å². The molecule has 0 bridgehead atoms. The molecular weight excluding hydrogens is 905 g/mol. The second-order valence-corrected chi connectivity index (χ2v) is 19.3. The van der Waals surface area contributed by atoms with Crippen molar-refractivity contribution >= 4 is 39.1 Å². The molecule has 1 saturated carbocycles. The van der Waals surface area contributed by atoms with Gasteiger partial charge in [-0.25, -0.2) is 13.2 Å². The zero-order valence-electron chi connectivity index (χ0n) is 39.5. The maximum Gasteiger partial charge on any atom is 0.417 e. The molecule has 0 unspecified atom stereocenters. The number of allylic oxidation sites excluding steroid dienone is 1. The molecule has 4 aromatic carbocycles. The fourth-order valence-corrected chi connectivity index (χ4v) is 11.3. The van der Waals surface area contributed by atoms with E-state index in [-0.39, 0.29) is 61.2 Å². The average molecular weight is 967 g/mol. The number of likely N-dealkylation sites (N-methyl/N-ethyl adjacent to an activating group) is 1. The highest BCUT2D eigenvalue weighted by Crippen LogP contribution is 2.62. The summed E-state index contributed by atoms with van der Waals surface area (Å²) >= 11 is 0. The fraction of sp³-hybridized carbons (Fsp3) is 0.404. The molecule has 17 heteroatoms. The van der Waals surface area contributed by atoms with Gasteiger partial charge in [0.1, 0.15) is 29.6 Å². The zero-order valence-corrected chi connectivity index (χ0v) is 40.3. The smallest absolute Gasteiger partial charge is 0.417 e. The van der Waals surface area contributed by atoms with Crippen LogP contribution in [0.2, 0.25) is 0 Å². The van der Waals surface area contributed by atoms with Crippen molar-refractivity contribution in [2.45, 2.75) is 81.1 Å². The molecule has 1 heterocycles. The summed E-state index contributed by atoms with van der Waals surface area (Å²) in [5, 5.41) is 30.2. The molecule has 2 amide bonds. The third-order valence-electron chi connectivity index (χ3n) is 13.0. The summed E-state index contributed by atoms with van der Waals surface area (Å²) in [6, 6.07) is 24.6. The number of nitrogens with zero attached hydrogens (tertiary/aromatic N) is 2. The number of anilines is 2. The number of unbranched alkanes of at least 4 members (excludes halogenated alkanes) is 2. The van der Waals surface area contributed by atoms with E-state index < -0.39 is 39.8 Å². The van der Waals surface area contributed by atoms with Gasteiger partial charge >= 0.3 is 6.09 Å².